The summed E-state index contributed by atoms with van der Waals surface area (Å²) in [5.41, 5.74) is 2.48. The Morgan fingerprint density at radius 3 is 2.48 bits per heavy atom. The standard InChI is InChI=1S/C23H14Cl2O4/c1-13-2-4-14(5-3-13)23(27)28-17-8-9-18-20(12-17)29-21(22(18)26)10-15-6-7-16(24)11-19(15)25/h2-12H,1H3. The van der Waals surface area contributed by atoms with Crippen molar-refractivity contribution >= 4 is 41.0 Å². The number of fused-ring (bicyclic) bond motifs is 1. The predicted octanol–water partition coefficient (Wildman–Crippen LogP) is 6.14. The first-order chi connectivity index (χ1) is 13.9. The van der Waals surface area contributed by atoms with Crippen molar-refractivity contribution in [3.8, 4) is 11.5 Å². The minimum absolute atomic E-state index is 0.131. The molecule has 0 aromatic heterocycles. The van der Waals surface area contributed by atoms with Crippen LogP contribution in [0.2, 0.25) is 10.0 Å². The minimum Gasteiger partial charge on any atom is -0.452 e. The van der Waals surface area contributed by atoms with E-state index in [4.69, 9.17) is 32.7 Å². The summed E-state index contributed by atoms with van der Waals surface area (Å²) in [6.45, 7) is 1.94. The Balaban J connectivity index is 1.56. The zero-order chi connectivity index (χ0) is 20.5. The zero-order valence-corrected chi connectivity index (χ0v) is 16.8. The van der Waals surface area contributed by atoms with E-state index in [1.165, 1.54) is 6.07 Å². The van der Waals surface area contributed by atoms with Crippen LogP contribution in [-0.4, -0.2) is 11.8 Å². The highest BCUT2D eigenvalue weighted by Gasteiger charge is 2.28. The monoisotopic (exact) mass is 424 g/mol. The van der Waals surface area contributed by atoms with E-state index in [2.05, 4.69) is 0 Å². The number of allylic oxidation sites excluding steroid dienone is 1. The van der Waals surface area contributed by atoms with Crippen LogP contribution in [0.4, 0.5) is 0 Å². The molecule has 1 aliphatic rings. The molecule has 0 spiro atoms. The van der Waals surface area contributed by atoms with E-state index in [0.717, 1.165) is 5.56 Å². The zero-order valence-electron chi connectivity index (χ0n) is 15.2. The number of halogens is 2. The Hall–Kier alpha value is -3.08. The van der Waals surface area contributed by atoms with Gasteiger partial charge in [-0.25, -0.2) is 4.79 Å². The van der Waals surface area contributed by atoms with Crippen LogP contribution in [0.3, 0.4) is 0 Å². The SMILES string of the molecule is Cc1ccc(C(=O)Oc2ccc3c(c2)OC(=Cc2ccc(Cl)cc2Cl)C3=O)cc1. The van der Waals surface area contributed by atoms with Crippen molar-refractivity contribution in [1.29, 1.82) is 0 Å². The second-order valence-electron chi connectivity index (χ2n) is 6.52. The van der Waals surface area contributed by atoms with Gasteiger partial charge in [-0.3, -0.25) is 4.79 Å². The summed E-state index contributed by atoms with van der Waals surface area (Å²) < 4.78 is 11.1. The third kappa shape index (κ3) is 4.04. The van der Waals surface area contributed by atoms with Gasteiger partial charge in [-0.15, -0.1) is 0 Å². The van der Waals surface area contributed by atoms with E-state index >= 15 is 0 Å². The van der Waals surface area contributed by atoms with Crippen molar-refractivity contribution in [3.63, 3.8) is 0 Å². The molecule has 0 saturated heterocycles. The second-order valence-corrected chi connectivity index (χ2v) is 7.36. The Labute approximate surface area is 177 Å². The van der Waals surface area contributed by atoms with Gasteiger partial charge in [0.2, 0.25) is 5.78 Å². The molecule has 0 atom stereocenters. The summed E-state index contributed by atoms with van der Waals surface area (Å²) in [5, 5.41) is 0.907. The molecule has 6 heteroatoms. The molecule has 4 rings (SSSR count). The number of benzene rings is 3. The molecule has 3 aromatic rings. The summed E-state index contributed by atoms with van der Waals surface area (Å²) in [4.78, 5) is 24.9. The molecule has 0 saturated carbocycles. The van der Waals surface area contributed by atoms with E-state index in [9.17, 15) is 9.59 Å². The summed E-state index contributed by atoms with van der Waals surface area (Å²) >= 11 is 12.1. The van der Waals surface area contributed by atoms with Gasteiger partial charge in [0.1, 0.15) is 11.5 Å². The van der Waals surface area contributed by atoms with Crippen LogP contribution in [-0.2, 0) is 0 Å². The fourth-order valence-corrected chi connectivity index (χ4v) is 3.31. The molecule has 0 fully saturated rings. The molecule has 0 aliphatic carbocycles. The minimum atomic E-state index is -0.488. The molecule has 0 unspecified atom stereocenters. The lowest BCUT2D eigenvalue weighted by atomic mass is 10.1. The summed E-state index contributed by atoms with van der Waals surface area (Å²) in [6, 6.07) is 16.7. The molecule has 3 aromatic carbocycles. The Morgan fingerprint density at radius 1 is 1.00 bits per heavy atom. The highest BCUT2D eigenvalue weighted by atomic mass is 35.5. The van der Waals surface area contributed by atoms with Gasteiger partial charge < -0.3 is 9.47 Å². The van der Waals surface area contributed by atoms with Crippen molar-refractivity contribution in [1.82, 2.24) is 0 Å². The van der Waals surface area contributed by atoms with Gasteiger partial charge in [-0.05, 0) is 55.0 Å². The highest BCUT2D eigenvalue weighted by Crippen LogP contribution is 2.36. The lowest BCUT2D eigenvalue weighted by Crippen LogP contribution is -2.08. The van der Waals surface area contributed by atoms with Crippen molar-refractivity contribution in [2.75, 3.05) is 0 Å². The number of ketones is 1. The normalized spacial score (nSPS) is 13.9. The molecule has 0 N–H and O–H groups in total. The maximum absolute atomic E-state index is 12.6. The van der Waals surface area contributed by atoms with Crippen molar-refractivity contribution < 1.29 is 19.1 Å². The largest absolute Gasteiger partial charge is 0.452 e. The van der Waals surface area contributed by atoms with Crippen LogP contribution in [0.25, 0.3) is 6.08 Å². The Bertz CT molecular complexity index is 1160. The molecule has 1 aliphatic heterocycles. The average Bonchev–Trinajstić information content (AvgIpc) is 2.99. The van der Waals surface area contributed by atoms with Gasteiger partial charge in [-0.2, -0.15) is 0 Å². The number of hydrogen-bond acceptors (Lipinski definition) is 4. The van der Waals surface area contributed by atoms with Crippen LogP contribution in [0.1, 0.15) is 31.8 Å². The van der Waals surface area contributed by atoms with Gasteiger partial charge in [0.15, 0.2) is 5.76 Å². The number of esters is 1. The van der Waals surface area contributed by atoms with E-state index < -0.39 is 5.97 Å². The molecular weight excluding hydrogens is 411 g/mol. The smallest absolute Gasteiger partial charge is 0.343 e. The van der Waals surface area contributed by atoms with Crippen LogP contribution in [0.15, 0.2) is 66.4 Å². The van der Waals surface area contributed by atoms with E-state index in [1.54, 1.807) is 48.5 Å². The van der Waals surface area contributed by atoms with Crippen LogP contribution < -0.4 is 9.47 Å². The van der Waals surface area contributed by atoms with Gasteiger partial charge >= 0.3 is 5.97 Å². The van der Waals surface area contributed by atoms with Crippen LogP contribution >= 0.6 is 23.2 Å². The molecule has 4 nitrogen and oxygen atoms in total. The summed E-state index contributed by atoms with van der Waals surface area (Å²) in [5.74, 6) is -0.0277. The number of rotatable bonds is 3. The Morgan fingerprint density at radius 2 is 1.76 bits per heavy atom. The van der Waals surface area contributed by atoms with Crippen molar-refractivity contribution in [3.05, 3.63) is 98.7 Å². The maximum atomic E-state index is 12.6. The molecule has 144 valence electrons. The van der Waals surface area contributed by atoms with Gasteiger partial charge in [-0.1, -0.05) is 47.0 Å². The second kappa shape index (κ2) is 7.74. The van der Waals surface area contributed by atoms with E-state index in [0.29, 0.717) is 32.5 Å². The molecule has 29 heavy (non-hydrogen) atoms. The molecule has 0 bridgehead atoms. The van der Waals surface area contributed by atoms with E-state index in [-0.39, 0.29) is 17.3 Å². The maximum Gasteiger partial charge on any atom is 0.343 e. The van der Waals surface area contributed by atoms with Crippen LogP contribution in [0, 0.1) is 6.92 Å². The van der Waals surface area contributed by atoms with Crippen molar-refractivity contribution in [2.24, 2.45) is 0 Å². The number of carbonyl (C=O) groups is 2. The first-order valence-electron chi connectivity index (χ1n) is 8.73. The topological polar surface area (TPSA) is 52.6 Å². The first-order valence-corrected chi connectivity index (χ1v) is 9.48. The average molecular weight is 425 g/mol. The lowest BCUT2D eigenvalue weighted by Gasteiger charge is -2.06. The number of ether oxygens (including phenoxy) is 2. The molecule has 0 radical (unpaired) electrons. The first kappa shape index (κ1) is 19.2. The summed E-state index contributed by atoms with van der Waals surface area (Å²) in [6.07, 6.45) is 1.55. The Kier molecular flexibility index (Phi) is 5.14. The number of carbonyl (C=O) groups excluding carboxylic acids is 2. The van der Waals surface area contributed by atoms with Gasteiger partial charge in [0.25, 0.3) is 0 Å². The van der Waals surface area contributed by atoms with Gasteiger partial charge in [0, 0.05) is 16.1 Å². The van der Waals surface area contributed by atoms with E-state index in [1.807, 2.05) is 19.1 Å². The molecular formula is C23H14Cl2O4. The number of hydrogen-bond donors (Lipinski definition) is 0. The van der Waals surface area contributed by atoms with Crippen LogP contribution in [0.5, 0.6) is 11.5 Å². The fourth-order valence-electron chi connectivity index (χ4n) is 2.85. The quantitative estimate of drug-likeness (QED) is 0.288. The lowest BCUT2D eigenvalue weighted by molar-refractivity contribution is 0.0734. The predicted molar refractivity (Wildman–Crippen MR) is 112 cm³/mol. The molecule has 0 amide bonds. The third-order valence-electron chi connectivity index (χ3n) is 4.39. The summed E-state index contributed by atoms with van der Waals surface area (Å²) in [7, 11) is 0. The van der Waals surface area contributed by atoms with Crippen molar-refractivity contribution in [2.45, 2.75) is 6.92 Å². The number of Topliss-reactive ketones (excluding diaryl/α,β-unsaturated/α-hetero) is 1. The van der Waals surface area contributed by atoms with Gasteiger partial charge in [0.05, 0.1) is 11.1 Å². The third-order valence-corrected chi connectivity index (χ3v) is 4.95. The molecule has 1 heterocycles. The fraction of sp³-hybridized carbons (Fsp3) is 0.0435. The number of aryl methyl sites for hydroxylation is 1. The highest BCUT2D eigenvalue weighted by molar-refractivity contribution is 6.35.